The number of aromatic nitrogens is 1. The Morgan fingerprint density at radius 1 is 1.23 bits per heavy atom. The minimum Gasteiger partial charge on any atom is -0.376 e. The van der Waals surface area contributed by atoms with Gasteiger partial charge in [-0.05, 0) is 50.3 Å². The summed E-state index contributed by atoms with van der Waals surface area (Å²) in [5.41, 5.74) is 2.71. The standard InChI is InChI=1S/C24H33N3O3S/c1-3-4-5-6-8-19-10-12-20(13-11-19)23(29)27(15-21-9-7-14-30-21)16-22(28)26-24-25-18(2)17-31-24/h10-13,17,21H,3-9,14-16H2,1-2H3,(H,25,26,28). The van der Waals surface area contributed by atoms with E-state index in [2.05, 4.69) is 17.2 Å². The maximum atomic E-state index is 13.2. The molecule has 2 amide bonds. The number of ether oxygens (including phenoxy) is 1. The van der Waals surface area contributed by atoms with Gasteiger partial charge in [0.2, 0.25) is 5.91 Å². The Kier molecular flexibility index (Phi) is 9.03. The van der Waals surface area contributed by atoms with E-state index in [-0.39, 0.29) is 24.5 Å². The number of amides is 2. The minimum absolute atomic E-state index is 0.0169. The fourth-order valence-corrected chi connectivity index (χ4v) is 4.45. The predicted octanol–water partition coefficient (Wildman–Crippen LogP) is 4.83. The summed E-state index contributed by atoms with van der Waals surface area (Å²) in [5.74, 6) is -0.383. The second kappa shape index (κ2) is 12.0. The van der Waals surface area contributed by atoms with Gasteiger partial charge < -0.3 is 15.0 Å². The van der Waals surface area contributed by atoms with Crippen LogP contribution in [0.4, 0.5) is 5.13 Å². The van der Waals surface area contributed by atoms with Gasteiger partial charge in [0, 0.05) is 24.1 Å². The van der Waals surface area contributed by atoms with E-state index >= 15 is 0 Å². The highest BCUT2D eigenvalue weighted by molar-refractivity contribution is 7.13. The third-order valence-corrected chi connectivity index (χ3v) is 6.33. The summed E-state index contributed by atoms with van der Waals surface area (Å²) in [6, 6.07) is 7.81. The summed E-state index contributed by atoms with van der Waals surface area (Å²) < 4.78 is 5.72. The van der Waals surface area contributed by atoms with E-state index in [1.54, 1.807) is 4.90 Å². The van der Waals surface area contributed by atoms with Gasteiger partial charge in [-0.3, -0.25) is 9.59 Å². The molecule has 0 saturated carbocycles. The van der Waals surface area contributed by atoms with Crippen LogP contribution in [0.15, 0.2) is 29.6 Å². The van der Waals surface area contributed by atoms with Crippen LogP contribution in [0.3, 0.4) is 0 Å². The van der Waals surface area contributed by atoms with Crippen molar-refractivity contribution in [2.75, 3.05) is 25.0 Å². The zero-order chi connectivity index (χ0) is 22.1. The van der Waals surface area contributed by atoms with Crippen molar-refractivity contribution in [2.45, 2.75) is 64.9 Å². The average molecular weight is 444 g/mol. The second-order valence-electron chi connectivity index (χ2n) is 8.17. The predicted molar refractivity (Wildman–Crippen MR) is 125 cm³/mol. The van der Waals surface area contributed by atoms with Crippen molar-refractivity contribution < 1.29 is 14.3 Å². The molecule has 7 heteroatoms. The number of hydrogen-bond donors (Lipinski definition) is 1. The lowest BCUT2D eigenvalue weighted by molar-refractivity contribution is -0.117. The van der Waals surface area contributed by atoms with E-state index in [0.717, 1.165) is 25.0 Å². The molecule has 0 radical (unpaired) electrons. The summed E-state index contributed by atoms with van der Waals surface area (Å²) in [4.78, 5) is 31.7. The summed E-state index contributed by atoms with van der Waals surface area (Å²) in [6.07, 6.45) is 7.81. The van der Waals surface area contributed by atoms with Gasteiger partial charge in [0.1, 0.15) is 6.54 Å². The van der Waals surface area contributed by atoms with Crippen molar-refractivity contribution in [1.82, 2.24) is 9.88 Å². The number of thiazole rings is 1. The molecule has 0 spiro atoms. The van der Waals surface area contributed by atoms with Crippen LogP contribution < -0.4 is 5.32 Å². The number of hydrogen-bond acceptors (Lipinski definition) is 5. The molecular formula is C24H33N3O3S. The van der Waals surface area contributed by atoms with E-state index in [1.165, 1.54) is 42.6 Å². The van der Waals surface area contributed by atoms with E-state index in [9.17, 15) is 9.59 Å². The quantitative estimate of drug-likeness (QED) is 0.505. The second-order valence-corrected chi connectivity index (χ2v) is 9.03. The van der Waals surface area contributed by atoms with Gasteiger partial charge in [-0.2, -0.15) is 0 Å². The van der Waals surface area contributed by atoms with Crippen molar-refractivity contribution in [3.63, 3.8) is 0 Å². The van der Waals surface area contributed by atoms with Crippen LogP contribution in [0.5, 0.6) is 0 Å². The number of benzene rings is 1. The SMILES string of the molecule is CCCCCCc1ccc(C(=O)N(CC(=O)Nc2nc(C)cs2)CC2CCCO2)cc1. The molecule has 1 unspecified atom stereocenters. The molecule has 1 aliphatic rings. The highest BCUT2D eigenvalue weighted by Gasteiger charge is 2.25. The van der Waals surface area contributed by atoms with Crippen molar-refractivity contribution in [1.29, 1.82) is 0 Å². The lowest BCUT2D eigenvalue weighted by Gasteiger charge is -2.25. The molecule has 31 heavy (non-hydrogen) atoms. The lowest BCUT2D eigenvalue weighted by atomic mass is 10.0. The smallest absolute Gasteiger partial charge is 0.254 e. The summed E-state index contributed by atoms with van der Waals surface area (Å²) in [7, 11) is 0. The van der Waals surface area contributed by atoms with Crippen molar-refractivity contribution >= 4 is 28.3 Å². The van der Waals surface area contributed by atoms with Gasteiger partial charge in [0.05, 0.1) is 11.8 Å². The topological polar surface area (TPSA) is 71.5 Å². The Labute approximate surface area is 189 Å². The van der Waals surface area contributed by atoms with Crippen LogP contribution in [0.1, 0.15) is 67.1 Å². The zero-order valence-corrected chi connectivity index (χ0v) is 19.4. The van der Waals surface area contributed by atoms with Gasteiger partial charge in [0.25, 0.3) is 5.91 Å². The summed E-state index contributed by atoms with van der Waals surface area (Å²) in [6.45, 7) is 5.20. The molecule has 1 atom stereocenters. The highest BCUT2D eigenvalue weighted by atomic mass is 32.1. The van der Waals surface area contributed by atoms with Crippen LogP contribution in [-0.2, 0) is 16.0 Å². The Bertz CT molecular complexity index is 844. The first kappa shape index (κ1) is 23.4. The van der Waals surface area contributed by atoms with Gasteiger partial charge in [-0.15, -0.1) is 11.3 Å². The van der Waals surface area contributed by atoms with Gasteiger partial charge in [-0.25, -0.2) is 4.98 Å². The van der Waals surface area contributed by atoms with Gasteiger partial charge in [-0.1, -0.05) is 38.3 Å². The molecule has 2 heterocycles. The van der Waals surface area contributed by atoms with Gasteiger partial charge >= 0.3 is 0 Å². The van der Waals surface area contributed by atoms with E-state index in [4.69, 9.17) is 4.74 Å². The monoisotopic (exact) mass is 443 g/mol. The number of nitrogens with zero attached hydrogens (tertiary/aromatic N) is 2. The molecule has 0 aliphatic carbocycles. The van der Waals surface area contributed by atoms with Crippen LogP contribution in [0.2, 0.25) is 0 Å². The normalized spacial score (nSPS) is 15.7. The maximum Gasteiger partial charge on any atom is 0.254 e. The molecule has 3 rings (SSSR count). The van der Waals surface area contributed by atoms with E-state index in [0.29, 0.717) is 23.8 Å². The zero-order valence-electron chi connectivity index (χ0n) is 18.6. The maximum absolute atomic E-state index is 13.2. The third-order valence-electron chi connectivity index (χ3n) is 5.45. The first-order valence-electron chi connectivity index (χ1n) is 11.3. The molecule has 0 bridgehead atoms. The number of carbonyl (C=O) groups excluding carboxylic acids is 2. The molecule has 6 nitrogen and oxygen atoms in total. The molecule has 1 N–H and O–H groups in total. The highest BCUT2D eigenvalue weighted by Crippen LogP contribution is 2.18. The van der Waals surface area contributed by atoms with Crippen molar-refractivity contribution in [2.24, 2.45) is 0 Å². The molecular weight excluding hydrogens is 410 g/mol. The fourth-order valence-electron chi connectivity index (χ4n) is 3.75. The van der Waals surface area contributed by atoms with Gasteiger partial charge in [0.15, 0.2) is 5.13 Å². The number of rotatable bonds is 11. The molecule has 1 fully saturated rings. The first-order valence-corrected chi connectivity index (χ1v) is 12.1. The lowest BCUT2D eigenvalue weighted by Crippen LogP contribution is -2.42. The number of carbonyl (C=O) groups is 2. The molecule has 2 aromatic rings. The molecule has 1 aromatic carbocycles. The third kappa shape index (κ3) is 7.43. The fraction of sp³-hybridized carbons (Fsp3) is 0.542. The Morgan fingerprint density at radius 2 is 2.03 bits per heavy atom. The largest absolute Gasteiger partial charge is 0.376 e. The number of unbranched alkanes of at least 4 members (excludes halogenated alkanes) is 3. The van der Waals surface area contributed by atoms with Crippen LogP contribution in [0.25, 0.3) is 0 Å². The Hall–Kier alpha value is -2.25. The van der Waals surface area contributed by atoms with Crippen LogP contribution >= 0.6 is 11.3 Å². The Morgan fingerprint density at radius 3 is 2.68 bits per heavy atom. The number of nitrogens with one attached hydrogen (secondary N) is 1. The van der Waals surface area contributed by atoms with Crippen LogP contribution in [0, 0.1) is 6.92 Å². The molecule has 1 saturated heterocycles. The molecule has 1 aliphatic heterocycles. The van der Waals surface area contributed by atoms with E-state index < -0.39 is 0 Å². The number of aryl methyl sites for hydroxylation is 2. The first-order chi connectivity index (χ1) is 15.0. The van der Waals surface area contributed by atoms with E-state index in [1.807, 2.05) is 36.6 Å². The van der Waals surface area contributed by atoms with Crippen molar-refractivity contribution in [3.8, 4) is 0 Å². The molecule has 1 aromatic heterocycles. The molecule has 168 valence electrons. The number of anilines is 1. The summed E-state index contributed by atoms with van der Waals surface area (Å²) >= 11 is 1.38. The van der Waals surface area contributed by atoms with Crippen LogP contribution in [-0.4, -0.2) is 47.5 Å². The minimum atomic E-state index is -0.242. The average Bonchev–Trinajstić information content (AvgIpc) is 3.42. The summed E-state index contributed by atoms with van der Waals surface area (Å²) in [5, 5.41) is 5.24. The van der Waals surface area contributed by atoms with Crippen molar-refractivity contribution in [3.05, 3.63) is 46.5 Å². The Balaban J connectivity index is 1.63.